The molecule has 7 nitrogen and oxygen atoms in total. The molecule has 1 unspecified atom stereocenters. The van der Waals surface area contributed by atoms with Crippen LogP contribution in [0.3, 0.4) is 0 Å². The van der Waals surface area contributed by atoms with Crippen molar-refractivity contribution in [2.45, 2.75) is 44.8 Å². The molecule has 1 rings (SSSR count). The van der Waals surface area contributed by atoms with Crippen molar-refractivity contribution in [3.8, 4) is 0 Å². The van der Waals surface area contributed by atoms with Crippen molar-refractivity contribution in [2.75, 3.05) is 45.4 Å². The van der Waals surface area contributed by atoms with E-state index < -0.39 is 9.84 Å². The van der Waals surface area contributed by atoms with E-state index in [4.69, 9.17) is 9.47 Å². The molecule has 0 aromatic rings. The number of halogens is 1. The number of hydrogen-bond donors (Lipinski definition) is 2. The summed E-state index contributed by atoms with van der Waals surface area (Å²) in [5.74, 6) is 0.858. The van der Waals surface area contributed by atoms with Gasteiger partial charge in [-0.15, -0.1) is 24.0 Å². The summed E-state index contributed by atoms with van der Waals surface area (Å²) in [7, 11) is -1.23. The van der Waals surface area contributed by atoms with Gasteiger partial charge in [0.25, 0.3) is 0 Å². The highest BCUT2D eigenvalue weighted by Crippen LogP contribution is 2.24. The van der Waals surface area contributed by atoms with Crippen LogP contribution in [0.2, 0.25) is 0 Å². The third-order valence-electron chi connectivity index (χ3n) is 4.01. The largest absolute Gasteiger partial charge is 0.381 e. The zero-order valence-corrected chi connectivity index (χ0v) is 18.3. The van der Waals surface area contributed by atoms with Gasteiger partial charge in [0.2, 0.25) is 0 Å². The second kappa shape index (κ2) is 11.5. The number of rotatable bonds is 8. The van der Waals surface area contributed by atoms with Crippen LogP contribution in [0.15, 0.2) is 4.99 Å². The summed E-state index contributed by atoms with van der Waals surface area (Å²) in [5.41, 5.74) is -0.267. The van der Waals surface area contributed by atoms with Gasteiger partial charge in [0.1, 0.15) is 9.84 Å². The Morgan fingerprint density at radius 2 is 2.00 bits per heavy atom. The summed E-state index contributed by atoms with van der Waals surface area (Å²) in [6.07, 6.45) is 3.46. The number of hydrogen-bond acceptors (Lipinski definition) is 5. The molecule has 0 aromatic heterocycles. The van der Waals surface area contributed by atoms with E-state index in [2.05, 4.69) is 15.6 Å². The van der Waals surface area contributed by atoms with Crippen molar-refractivity contribution in [3.05, 3.63) is 0 Å². The quantitative estimate of drug-likeness (QED) is 0.310. The Bertz CT molecular complexity index is 479. The highest BCUT2D eigenvalue weighted by Gasteiger charge is 2.32. The van der Waals surface area contributed by atoms with Crippen LogP contribution in [0.1, 0.15) is 33.1 Å². The molecule has 0 radical (unpaired) electrons. The van der Waals surface area contributed by atoms with Crippen molar-refractivity contribution in [1.29, 1.82) is 0 Å². The Morgan fingerprint density at radius 1 is 1.38 bits per heavy atom. The summed E-state index contributed by atoms with van der Waals surface area (Å²) in [6.45, 7) is 6.64. The minimum Gasteiger partial charge on any atom is -0.381 e. The molecule has 1 fully saturated rings. The van der Waals surface area contributed by atoms with Crippen LogP contribution in [-0.4, -0.2) is 71.4 Å². The minimum atomic E-state index is -2.94. The Kier molecular flexibility index (Phi) is 11.4. The van der Waals surface area contributed by atoms with E-state index >= 15 is 0 Å². The number of aliphatic imine (C=N–C) groups is 1. The molecule has 1 saturated heterocycles. The second-order valence-corrected chi connectivity index (χ2v) is 8.42. The monoisotopic (exact) mass is 477 g/mol. The normalized spacial score (nSPS) is 19.2. The van der Waals surface area contributed by atoms with Crippen LogP contribution in [0.25, 0.3) is 0 Å². The maximum absolute atomic E-state index is 11.3. The van der Waals surface area contributed by atoms with Gasteiger partial charge in [-0.1, -0.05) is 0 Å². The topological polar surface area (TPSA) is 89.0 Å². The Balaban J connectivity index is 0.00000529. The predicted molar refractivity (Wildman–Crippen MR) is 108 cm³/mol. The smallest absolute Gasteiger partial charge is 0.191 e. The van der Waals surface area contributed by atoms with Gasteiger partial charge < -0.3 is 20.1 Å². The lowest BCUT2D eigenvalue weighted by Gasteiger charge is -2.34. The molecule has 1 atom stereocenters. The van der Waals surface area contributed by atoms with Crippen molar-refractivity contribution >= 4 is 39.8 Å². The van der Waals surface area contributed by atoms with Crippen LogP contribution < -0.4 is 10.6 Å². The van der Waals surface area contributed by atoms with Gasteiger partial charge in [0.05, 0.1) is 17.9 Å². The van der Waals surface area contributed by atoms with Gasteiger partial charge in [-0.2, -0.15) is 0 Å². The fraction of sp³-hybridized carbons (Fsp3) is 0.933. The Morgan fingerprint density at radius 3 is 2.50 bits per heavy atom. The van der Waals surface area contributed by atoms with Crippen LogP contribution in [0, 0.1) is 0 Å². The van der Waals surface area contributed by atoms with Crippen LogP contribution in [0.5, 0.6) is 0 Å². The summed E-state index contributed by atoms with van der Waals surface area (Å²) in [4.78, 5) is 4.63. The number of ether oxygens (including phenoxy) is 2. The molecular formula is C15H32IN3O4S. The Hall–Kier alpha value is -0.130. The van der Waals surface area contributed by atoms with E-state index in [0.29, 0.717) is 32.1 Å². The van der Waals surface area contributed by atoms with E-state index in [1.54, 1.807) is 7.11 Å². The number of nitrogens with zero attached hydrogens (tertiary/aromatic N) is 1. The van der Waals surface area contributed by atoms with E-state index in [0.717, 1.165) is 19.4 Å². The SMILES string of the molecule is CCNC(=NCC1(OC)CCOCC1)NC(C)CCS(C)(=O)=O.I. The second-order valence-electron chi connectivity index (χ2n) is 6.16. The first kappa shape index (κ1) is 23.9. The molecule has 0 spiro atoms. The molecule has 1 aliphatic rings. The third-order valence-corrected chi connectivity index (χ3v) is 4.99. The number of methoxy groups -OCH3 is 1. The van der Waals surface area contributed by atoms with E-state index in [9.17, 15) is 8.42 Å². The zero-order chi connectivity index (χ0) is 17.3. The van der Waals surface area contributed by atoms with Crippen molar-refractivity contribution in [1.82, 2.24) is 10.6 Å². The number of nitrogens with one attached hydrogen (secondary N) is 2. The highest BCUT2D eigenvalue weighted by molar-refractivity contribution is 14.0. The number of guanidine groups is 1. The molecule has 1 aliphatic heterocycles. The molecule has 1 heterocycles. The fourth-order valence-corrected chi connectivity index (χ4v) is 3.19. The fourth-order valence-electron chi connectivity index (χ4n) is 2.41. The van der Waals surface area contributed by atoms with Crippen LogP contribution in [0.4, 0.5) is 0 Å². The molecule has 0 bridgehead atoms. The first-order valence-corrected chi connectivity index (χ1v) is 10.2. The van der Waals surface area contributed by atoms with Gasteiger partial charge in [0.15, 0.2) is 5.96 Å². The lowest BCUT2D eigenvalue weighted by molar-refractivity contribution is -0.0828. The first-order valence-electron chi connectivity index (χ1n) is 8.16. The standard InChI is InChI=1S/C15H31N3O4S.HI/c1-5-16-14(18-13(2)6-11-23(4,19)20)17-12-15(21-3)7-9-22-10-8-15;/h13H,5-12H2,1-4H3,(H2,16,17,18);1H. The van der Waals surface area contributed by atoms with Crippen molar-refractivity contribution in [3.63, 3.8) is 0 Å². The molecule has 0 aromatic carbocycles. The first-order chi connectivity index (χ1) is 10.8. The lowest BCUT2D eigenvalue weighted by Crippen LogP contribution is -2.46. The average Bonchev–Trinajstić information content (AvgIpc) is 2.51. The van der Waals surface area contributed by atoms with Crippen LogP contribution in [-0.2, 0) is 19.3 Å². The lowest BCUT2D eigenvalue weighted by atomic mass is 9.94. The summed E-state index contributed by atoms with van der Waals surface area (Å²) < 4.78 is 33.6. The third kappa shape index (κ3) is 9.38. The van der Waals surface area contributed by atoms with Crippen molar-refractivity contribution < 1.29 is 17.9 Å². The molecule has 2 N–H and O–H groups in total. The molecule has 9 heteroatoms. The van der Waals surface area contributed by atoms with E-state index in [-0.39, 0.29) is 41.4 Å². The number of sulfone groups is 1. The highest BCUT2D eigenvalue weighted by atomic mass is 127. The molecule has 0 saturated carbocycles. The van der Waals surface area contributed by atoms with E-state index in [1.165, 1.54) is 6.26 Å². The van der Waals surface area contributed by atoms with E-state index in [1.807, 2.05) is 13.8 Å². The molecular weight excluding hydrogens is 445 g/mol. The van der Waals surface area contributed by atoms with Gasteiger partial charge in [-0.05, 0) is 20.3 Å². The predicted octanol–water partition coefficient (Wildman–Crippen LogP) is 1.18. The van der Waals surface area contributed by atoms with Gasteiger partial charge in [-0.3, -0.25) is 4.99 Å². The summed E-state index contributed by atoms with van der Waals surface area (Å²) >= 11 is 0. The maximum Gasteiger partial charge on any atom is 0.191 e. The van der Waals surface area contributed by atoms with Crippen molar-refractivity contribution in [2.24, 2.45) is 4.99 Å². The average molecular weight is 477 g/mol. The molecule has 144 valence electrons. The summed E-state index contributed by atoms with van der Waals surface area (Å²) in [5, 5.41) is 6.45. The summed E-state index contributed by atoms with van der Waals surface area (Å²) in [6, 6.07) is 0.0238. The molecule has 0 amide bonds. The zero-order valence-electron chi connectivity index (χ0n) is 15.1. The minimum absolute atomic E-state index is 0. The maximum atomic E-state index is 11.3. The van der Waals surface area contributed by atoms with Gasteiger partial charge >= 0.3 is 0 Å². The molecule has 0 aliphatic carbocycles. The van der Waals surface area contributed by atoms with Gasteiger partial charge in [-0.25, -0.2) is 8.42 Å². The van der Waals surface area contributed by atoms with Crippen LogP contribution >= 0.6 is 24.0 Å². The van der Waals surface area contributed by atoms with Gasteiger partial charge in [0, 0.05) is 52.0 Å². The molecule has 24 heavy (non-hydrogen) atoms. The Labute approximate surface area is 163 Å².